The van der Waals surface area contributed by atoms with Gasteiger partial charge in [-0.2, -0.15) is 13.2 Å². The molecule has 5 nitrogen and oxygen atoms in total. The van der Waals surface area contributed by atoms with Crippen molar-refractivity contribution in [3.8, 4) is 11.5 Å². The largest absolute Gasteiger partial charge is 0.488 e. The van der Waals surface area contributed by atoms with Crippen LogP contribution in [-0.4, -0.2) is 48.6 Å². The van der Waals surface area contributed by atoms with E-state index in [-0.39, 0.29) is 22.6 Å². The number of carbonyl (C=O) groups excluding carboxylic acids is 1. The summed E-state index contributed by atoms with van der Waals surface area (Å²) in [5, 5.41) is 0.196. The lowest BCUT2D eigenvalue weighted by molar-refractivity contribution is -0.153. The number of alkyl halides is 3. The van der Waals surface area contributed by atoms with Gasteiger partial charge in [-0.25, -0.2) is 4.79 Å². The van der Waals surface area contributed by atoms with Gasteiger partial charge in [0.2, 0.25) is 0 Å². The van der Waals surface area contributed by atoms with E-state index < -0.39 is 24.5 Å². The number of hydrogen-bond donors (Lipinski definition) is 0. The molecule has 0 radical (unpaired) electrons. The van der Waals surface area contributed by atoms with Crippen LogP contribution in [0.1, 0.15) is 27.2 Å². The van der Waals surface area contributed by atoms with Gasteiger partial charge >= 0.3 is 12.3 Å². The third kappa shape index (κ3) is 6.82. The van der Waals surface area contributed by atoms with Crippen molar-refractivity contribution in [2.24, 2.45) is 0 Å². The molecule has 2 rings (SSSR count). The Hall–Kier alpha value is -1.83. The molecular formula is C17H21ClF3NO4. The molecule has 1 atom stereocenters. The molecule has 0 bridgehead atoms. The van der Waals surface area contributed by atoms with Gasteiger partial charge in [-0.1, -0.05) is 11.6 Å². The number of ether oxygens (including phenoxy) is 3. The van der Waals surface area contributed by atoms with Gasteiger partial charge in [-0.3, -0.25) is 0 Å². The van der Waals surface area contributed by atoms with Gasteiger partial charge in [-0.05, 0) is 32.9 Å². The van der Waals surface area contributed by atoms with Crippen LogP contribution in [0.3, 0.4) is 0 Å². The Morgan fingerprint density at radius 1 is 1.23 bits per heavy atom. The van der Waals surface area contributed by atoms with Gasteiger partial charge in [0, 0.05) is 24.1 Å². The van der Waals surface area contributed by atoms with E-state index in [1.807, 2.05) is 0 Å². The monoisotopic (exact) mass is 395 g/mol. The van der Waals surface area contributed by atoms with E-state index in [0.717, 1.165) is 0 Å². The average Bonchev–Trinajstić information content (AvgIpc) is 2.91. The number of halogens is 4. The molecule has 26 heavy (non-hydrogen) atoms. The fourth-order valence-corrected chi connectivity index (χ4v) is 2.58. The van der Waals surface area contributed by atoms with Crippen molar-refractivity contribution >= 4 is 17.7 Å². The fraction of sp³-hybridized carbons (Fsp3) is 0.588. The third-order valence-corrected chi connectivity index (χ3v) is 3.56. The molecule has 0 spiro atoms. The maximum absolute atomic E-state index is 12.3. The molecule has 0 aromatic heterocycles. The van der Waals surface area contributed by atoms with Crippen molar-refractivity contribution in [1.82, 2.24) is 4.90 Å². The summed E-state index contributed by atoms with van der Waals surface area (Å²) >= 11 is 5.91. The minimum absolute atomic E-state index is 0.0354. The van der Waals surface area contributed by atoms with E-state index in [2.05, 4.69) is 0 Å². The zero-order chi connectivity index (χ0) is 19.5. The van der Waals surface area contributed by atoms with Gasteiger partial charge < -0.3 is 19.1 Å². The zero-order valence-corrected chi connectivity index (χ0v) is 15.5. The minimum Gasteiger partial charge on any atom is -0.488 e. The number of rotatable bonds is 4. The Bertz CT molecular complexity index is 646. The molecule has 1 saturated heterocycles. The lowest BCUT2D eigenvalue weighted by Crippen LogP contribution is -2.36. The Kier molecular flexibility index (Phi) is 6.16. The highest BCUT2D eigenvalue weighted by Crippen LogP contribution is 2.29. The molecule has 1 aliphatic rings. The van der Waals surface area contributed by atoms with Crippen LogP contribution >= 0.6 is 11.6 Å². The van der Waals surface area contributed by atoms with Gasteiger partial charge in [0.1, 0.15) is 23.2 Å². The van der Waals surface area contributed by atoms with Crippen LogP contribution in [-0.2, 0) is 4.74 Å². The van der Waals surface area contributed by atoms with Crippen molar-refractivity contribution in [1.29, 1.82) is 0 Å². The summed E-state index contributed by atoms with van der Waals surface area (Å²) in [6.07, 6.45) is -4.60. The number of carbonyl (C=O) groups is 1. The number of likely N-dealkylation sites (tertiary alicyclic amines) is 1. The summed E-state index contributed by atoms with van der Waals surface area (Å²) in [5.41, 5.74) is -0.590. The second-order valence-electron chi connectivity index (χ2n) is 6.98. The average molecular weight is 396 g/mol. The summed E-state index contributed by atoms with van der Waals surface area (Å²) < 4.78 is 52.5. The van der Waals surface area contributed by atoms with Crippen molar-refractivity contribution in [2.75, 3.05) is 19.7 Å². The van der Waals surface area contributed by atoms with Crippen LogP contribution in [0.25, 0.3) is 0 Å². The first-order chi connectivity index (χ1) is 11.9. The van der Waals surface area contributed by atoms with E-state index in [1.54, 1.807) is 20.8 Å². The van der Waals surface area contributed by atoms with Crippen LogP contribution in [0.4, 0.5) is 18.0 Å². The number of nitrogens with zero attached hydrogens (tertiary/aromatic N) is 1. The Balaban J connectivity index is 1.95. The minimum atomic E-state index is -4.44. The van der Waals surface area contributed by atoms with Gasteiger partial charge in [0.15, 0.2) is 6.61 Å². The molecule has 1 amide bonds. The standard InChI is InChI=1S/C17H21ClF3NO4/c1-16(2,3)26-15(23)22-5-4-12(9-22)25-14-7-11(18)6-13(8-14)24-10-17(19,20)21/h6-8,12H,4-5,9-10H2,1-3H3/t12-/m1/s1. The highest BCUT2D eigenvalue weighted by Gasteiger charge is 2.31. The second-order valence-corrected chi connectivity index (χ2v) is 7.42. The summed E-state index contributed by atoms with van der Waals surface area (Å²) in [5.74, 6) is 0.248. The first kappa shape index (κ1) is 20.5. The molecule has 0 aliphatic carbocycles. The number of hydrogen-bond acceptors (Lipinski definition) is 4. The predicted molar refractivity (Wildman–Crippen MR) is 89.8 cm³/mol. The Labute approximate surface area is 155 Å². The quantitative estimate of drug-likeness (QED) is 0.743. The third-order valence-electron chi connectivity index (χ3n) is 3.35. The van der Waals surface area contributed by atoms with Crippen molar-refractivity contribution < 1.29 is 32.2 Å². The van der Waals surface area contributed by atoms with E-state index in [1.165, 1.54) is 23.1 Å². The lowest BCUT2D eigenvalue weighted by atomic mass is 10.2. The van der Waals surface area contributed by atoms with Gasteiger partial charge in [0.25, 0.3) is 0 Å². The molecule has 1 aliphatic heterocycles. The maximum Gasteiger partial charge on any atom is 0.422 e. The Morgan fingerprint density at radius 2 is 1.88 bits per heavy atom. The molecule has 1 fully saturated rings. The molecule has 0 saturated carbocycles. The van der Waals surface area contributed by atoms with Crippen molar-refractivity contribution in [3.05, 3.63) is 23.2 Å². The van der Waals surface area contributed by atoms with E-state index in [9.17, 15) is 18.0 Å². The van der Waals surface area contributed by atoms with Crippen molar-refractivity contribution in [2.45, 2.75) is 45.1 Å². The molecule has 0 unspecified atom stereocenters. The highest BCUT2D eigenvalue weighted by molar-refractivity contribution is 6.30. The van der Waals surface area contributed by atoms with E-state index >= 15 is 0 Å². The maximum atomic E-state index is 12.3. The summed E-state index contributed by atoms with van der Waals surface area (Å²) in [6, 6.07) is 4.10. The van der Waals surface area contributed by atoms with Crippen LogP contribution in [0.5, 0.6) is 11.5 Å². The zero-order valence-electron chi connectivity index (χ0n) is 14.7. The molecule has 1 heterocycles. The topological polar surface area (TPSA) is 48.0 Å². The second kappa shape index (κ2) is 7.82. The number of amides is 1. The molecule has 146 valence electrons. The smallest absolute Gasteiger partial charge is 0.422 e. The SMILES string of the molecule is CC(C)(C)OC(=O)N1CC[C@@H](Oc2cc(Cl)cc(OCC(F)(F)F)c2)C1. The molecule has 1 aromatic carbocycles. The molecule has 0 N–H and O–H groups in total. The van der Waals surface area contributed by atoms with Gasteiger partial charge in [-0.15, -0.1) is 0 Å². The lowest BCUT2D eigenvalue weighted by Gasteiger charge is -2.24. The normalized spacial score (nSPS) is 18.0. The fourth-order valence-electron chi connectivity index (χ4n) is 2.36. The summed E-state index contributed by atoms with van der Waals surface area (Å²) in [7, 11) is 0. The number of benzene rings is 1. The van der Waals surface area contributed by atoms with E-state index in [0.29, 0.717) is 19.5 Å². The summed E-state index contributed by atoms with van der Waals surface area (Å²) in [6.45, 7) is 4.72. The summed E-state index contributed by atoms with van der Waals surface area (Å²) in [4.78, 5) is 13.6. The molecule has 9 heteroatoms. The van der Waals surface area contributed by atoms with Gasteiger partial charge in [0.05, 0.1) is 6.54 Å². The van der Waals surface area contributed by atoms with Crippen LogP contribution in [0, 0.1) is 0 Å². The molecule has 1 aromatic rings. The van der Waals surface area contributed by atoms with Crippen molar-refractivity contribution in [3.63, 3.8) is 0 Å². The van der Waals surface area contributed by atoms with Crippen LogP contribution < -0.4 is 9.47 Å². The molecular weight excluding hydrogens is 375 g/mol. The highest BCUT2D eigenvalue weighted by atomic mass is 35.5. The Morgan fingerprint density at radius 3 is 2.50 bits per heavy atom. The van der Waals surface area contributed by atoms with E-state index in [4.69, 9.17) is 25.8 Å². The first-order valence-corrected chi connectivity index (χ1v) is 8.44. The first-order valence-electron chi connectivity index (χ1n) is 8.06. The van der Waals surface area contributed by atoms with Crippen LogP contribution in [0.15, 0.2) is 18.2 Å². The predicted octanol–water partition coefficient (Wildman–Crippen LogP) is 4.67. The van der Waals surface area contributed by atoms with Crippen LogP contribution in [0.2, 0.25) is 5.02 Å².